The van der Waals surface area contributed by atoms with E-state index in [1.807, 2.05) is 13.8 Å². The van der Waals surface area contributed by atoms with E-state index in [0.717, 1.165) is 32.0 Å². The summed E-state index contributed by atoms with van der Waals surface area (Å²) in [7, 11) is 0. The van der Waals surface area contributed by atoms with Crippen LogP contribution in [0, 0.1) is 11.8 Å². The molecule has 0 spiro atoms. The van der Waals surface area contributed by atoms with E-state index in [4.69, 9.17) is 0 Å². The maximum atomic E-state index is 12.9. The number of halogens is 4. The first-order valence-corrected chi connectivity index (χ1v) is 9.25. The van der Waals surface area contributed by atoms with Crippen LogP contribution in [0.15, 0.2) is 24.3 Å². The number of amides is 1. The predicted molar refractivity (Wildman–Crippen MR) is 104 cm³/mol. The van der Waals surface area contributed by atoms with Crippen molar-refractivity contribution in [1.29, 1.82) is 0 Å². The minimum atomic E-state index is -4.36. The van der Waals surface area contributed by atoms with Crippen LogP contribution in [0.3, 0.4) is 0 Å². The van der Waals surface area contributed by atoms with E-state index in [1.54, 1.807) is 6.07 Å². The van der Waals surface area contributed by atoms with Crippen molar-refractivity contribution in [2.24, 2.45) is 11.8 Å². The summed E-state index contributed by atoms with van der Waals surface area (Å²) in [5.74, 6) is 0.758. The highest BCUT2D eigenvalue weighted by molar-refractivity contribution is 5.85. The Bertz CT molecular complexity index is 613. The number of carbonyl (C=O) groups excluding carboxylic acids is 1. The van der Waals surface area contributed by atoms with Gasteiger partial charge < -0.3 is 10.6 Å². The van der Waals surface area contributed by atoms with Gasteiger partial charge in [-0.3, -0.25) is 4.79 Å². The van der Waals surface area contributed by atoms with Crippen LogP contribution in [0.4, 0.5) is 13.2 Å². The summed E-state index contributed by atoms with van der Waals surface area (Å²) >= 11 is 0. The van der Waals surface area contributed by atoms with E-state index in [-0.39, 0.29) is 18.3 Å². The average Bonchev–Trinajstić information content (AvgIpc) is 2.60. The van der Waals surface area contributed by atoms with Gasteiger partial charge >= 0.3 is 6.18 Å². The Morgan fingerprint density at radius 3 is 2.56 bits per heavy atom. The summed E-state index contributed by atoms with van der Waals surface area (Å²) in [5, 5.41) is 6.27. The van der Waals surface area contributed by atoms with Gasteiger partial charge in [-0.25, -0.2) is 0 Å². The molecule has 1 fully saturated rings. The Kier molecular flexibility index (Phi) is 8.61. The molecule has 1 saturated heterocycles. The summed E-state index contributed by atoms with van der Waals surface area (Å²) in [6.45, 7) is 8.08. The van der Waals surface area contributed by atoms with Gasteiger partial charge in [-0.05, 0) is 49.4 Å². The molecule has 1 aliphatic rings. The zero-order valence-electron chi connectivity index (χ0n) is 16.2. The van der Waals surface area contributed by atoms with Crippen molar-refractivity contribution >= 4 is 18.3 Å². The van der Waals surface area contributed by atoms with Gasteiger partial charge in [0, 0.05) is 18.4 Å². The van der Waals surface area contributed by atoms with Gasteiger partial charge in [-0.15, -0.1) is 12.4 Å². The fraction of sp³-hybridized carbons (Fsp3) is 0.650. The van der Waals surface area contributed by atoms with Gasteiger partial charge in [0.1, 0.15) is 0 Å². The van der Waals surface area contributed by atoms with E-state index >= 15 is 0 Å². The maximum Gasteiger partial charge on any atom is 0.416 e. The molecule has 0 saturated carbocycles. The Hall–Kier alpha value is -1.27. The lowest BCUT2D eigenvalue weighted by Gasteiger charge is -2.29. The normalized spacial score (nSPS) is 19.1. The molecule has 1 heterocycles. The predicted octanol–water partition coefficient (Wildman–Crippen LogP) is 4.55. The minimum Gasteiger partial charge on any atom is -0.355 e. The molecule has 7 heteroatoms. The number of rotatable bonds is 6. The average molecular weight is 407 g/mol. The second kappa shape index (κ2) is 9.78. The summed E-state index contributed by atoms with van der Waals surface area (Å²) in [4.78, 5) is 12.3. The van der Waals surface area contributed by atoms with Crippen LogP contribution < -0.4 is 10.6 Å². The van der Waals surface area contributed by atoms with Gasteiger partial charge in [0.25, 0.3) is 0 Å². The number of hydrogen-bond donors (Lipinski definition) is 2. The molecule has 27 heavy (non-hydrogen) atoms. The van der Waals surface area contributed by atoms with Crippen molar-refractivity contribution in [3.63, 3.8) is 0 Å². The lowest BCUT2D eigenvalue weighted by atomic mass is 9.83. The first-order chi connectivity index (χ1) is 12.1. The molecule has 1 aromatic carbocycles. The van der Waals surface area contributed by atoms with Crippen LogP contribution in [0.2, 0.25) is 0 Å². The molecule has 0 radical (unpaired) electrons. The van der Waals surface area contributed by atoms with E-state index in [9.17, 15) is 18.0 Å². The van der Waals surface area contributed by atoms with Gasteiger partial charge in [0.2, 0.25) is 5.91 Å². The van der Waals surface area contributed by atoms with Crippen LogP contribution in [0.1, 0.15) is 51.2 Å². The van der Waals surface area contributed by atoms with E-state index < -0.39 is 17.2 Å². The largest absolute Gasteiger partial charge is 0.416 e. The van der Waals surface area contributed by atoms with E-state index in [1.165, 1.54) is 12.1 Å². The second-order valence-electron chi connectivity index (χ2n) is 8.03. The van der Waals surface area contributed by atoms with Crippen LogP contribution in [0.5, 0.6) is 0 Å². The summed E-state index contributed by atoms with van der Waals surface area (Å²) in [6, 6.07) is 5.33. The van der Waals surface area contributed by atoms with Crippen LogP contribution >= 0.6 is 12.4 Å². The third-order valence-corrected chi connectivity index (χ3v) is 5.35. The zero-order valence-corrected chi connectivity index (χ0v) is 17.0. The first kappa shape index (κ1) is 23.8. The van der Waals surface area contributed by atoms with Gasteiger partial charge in [0.15, 0.2) is 0 Å². The Morgan fingerprint density at radius 1 is 1.30 bits per heavy atom. The molecule has 3 nitrogen and oxygen atoms in total. The van der Waals surface area contributed by atoms with Crippen molar-refractivity contribution in [3.05, 3.63) is 35.4 Å². The first-order valence-electron chi connectivity index (χ1n) is 9.25. The quantitative estimate of drug-likeness (QED) is 0.727. The highest BCUT2D eigenvalue weighted by Gasteiger charge is 2.32. The maximum absolute atomic E-state index is 12.9. The number of nitrogens with one attached hydrogen (secondary N) is 2. The standard InChI is InChI=1S/C20H29F3N2O.ClH/c1-14(15-6-5-9-24-12-15)10-18(26)25-13-19(2,3)16-7-4-8-17(11-16)20(21,22)23;/h4,7-8,11,14-15,24H,5-6,9-10,12-13H2,1-3H3,(H,25,26);1H. The molecule has 2 unspecified atom stereocenters. The highest BCUT2D eigenvalue weighted by Crippen LogP contribution is 2.32. The molecule has 2 N–H and O–H groups in total. The molecule has 2 atom stereocenters. The third-order valence-electron chi connectivity index (χ3n) is 5.35. The van der Waals surface area contributed by atoms with Crippen molar-refractivity contribution in [3.8, 4) is 0 Å². The van der Waals surface area contributed by atoms with Crippen LogP contribution in [0.25, 0.3) is 0 Å². The Balaban J connectivity index is 0.00000364. The zero-order chi connectivity index (χ0) is 19.4. The topological polar surface area (TPSA) is 41.1 Å². The summed E-state index contributed by atoms with van der Waals surface area (Å²) in [5.41, 5.74) is -0.669. The summed E-state index contributed by atoms with van der Waals surface area (Å²) in [6.07, 6.45) is -1.64. The second-order valence-corrected chi connectivity index (χ2v) is 8.03. The monoisotopic (exact) mass is 406 g/mol. The van der Waals surface area contributed by atoms with Crippen molar-refractivity contribution in [2.45, 2.75) is 51.6 Å². The number of benzene rings is 1. The van der Waals surface area contributed by atoms with Crippen LogP contribution in [-0.4, -0.2) is 25.5 Å². The fourth-order valence-corrected chi connectivity index (χ4v) is 3.43. The van der Waals surface area contributed by atoms with E-state index in [0.29, 0.717) is 30.4 Å². The molecule has 1 amide bonds. The molecular weight excluding hydrogens is 377 g/mol. The fourth-order valence-electron chi connectivity index (χ4n) is 3.43. The van der Waals surface area contributed by atoms with Gasteiger partial charge in [-0.2, -0.15) is 13.2 Å². The molecule has 154 valence electrons. The van der Waals surface area contributed by atoms with Crippen molar-refractivity contribution in [2.75, 3.05) is 19.6 Å². The molecular formula is C20H30ClF3N2O. The molecule has 1 aromatic rings. The SMILES string of the molecule is CC(CC(=O)NCC(C)(C)c1cccc(C(F)(F)F)c1)C1CCCNC1.Cl. The number of alkyl halides is 3. The molecule has 0 bridgehead atoms. The lowest BCUT2D eigenvalue weighted by molar-refractivity contribution is -0.137. The van der Waals surface area contributed by atoms with Crippen LogP contribution in [-0.2, 0) is 16.4 Å². The smallest absolute Gasteiger partial charge is 0.355 e. The third kappa shape index (κ3) is 7.00. The molecule has 2 rings (SSSR count). The summed E-state index contributed by atoms with van der Waals surface area (Å²) < 4.78 is 38.7. The minimum absolute atomic E-state index is 0. The van der Waals surface area contributed by atoms with Gasteiger partial charge in [-0.1, -0.05) is 39.0 Å². The van der Waals surface area contributed by atoms with Gasteiger partial charge in [0.05, 0.1) is 5.56 Å². The lowest BCUT2D eigenvalue weighted by Crippen LogP contribution is -2.39. The number of hydrogen-bond acceptors (Lipinski definition) is 2. The molecule has 0 aromatic heterocycles. The Morgan fingerprint density at radius 2 is 1.96 bits per heavy atom. The van der Waals surface area contributed by atoms with Crippen molar-refractivity contribution < 1.29 is 18.0 Å². The number of piperidine rings is 1. The molecule has 1 aliphatic heterocycles. The molecule has 0 aliphatic carbocycles. The van der Waals surface area contributed by atoms with Crippen molar-refractivity contribution in [1.82, 2.24) is 10.6 Å². The Labute approximate surface area is 165 Å². The number of carbonyl (C=O) groups is 1. The van der Waals surface area contributed by atoms with E-state index in [2.05, 4.69) is 17.6 Å². The highest BCUT2D eigenvalue weighted by atomic mass is 35.5.